The second-order valence-corrected chi connectivity index (χ2v) is 9.72. The van der Waals surface area contributed by atoms with Crippen molar-refractivity contribution in [2.45, 2.75) is 38.1 Å². The van der Waals surface area contributed by atoms with Crippen LogP contribution in [0.2, 0.25) is 0 Å². The van der Waals surface area contributed by atoms with Gasteiger partial charge in [0.25, 0.3) is 0 Å². The second kappa shape index (κ2) is 8.46. The summed E-state index contributed by atoms with van der Waals surface area (Å²) in [4.78, 5) is 24.3. The number of hydrogen-bond acceptors (Lipinski definition) is 8. The molecular formula is C25H32N8O2. The zero-order valence-electron chi connectivity index (χ0n) is 20.6. The van der Waals surface area contributed by atoms with Crippen molar-refractivity contribution in [2.75, 3.05) is 49.8 Å². The summed E-state index contributed by atoms with van der Waals surface area (Å²) >= 11 is 0. The molecule has 2 aliphatic rings. The fraction of sp³-hybridized carbons (Fsp3) is 0.520. The maximum atomic E-state index is 10.3. The first kappa shape index (κ1) is 22.2. The van der Waals surface area contributed by atoms with Crippen LogP contribution in [0, 0.1) is 6.92 Å². The Labute approximate surface area is 204 Å². The number of benzene rings is 1. The predicted octanol–water partition coefficient (Wildman–Crippen LogP) is 2.59. The number of aliphatic hydroxyl groups is 1. The maximum absolute atomic E-state index is 10.3. The van der Waals surface area contributed by atoms with Gasteiger partial charge in [-0.2, -0.15) is 9.97 Å². The lowest BCUT2D eigenvalue weighted by atomic mass is 9.97. The SMILES string of the molecule is Cc1nc2ccccc2n1-c1nc(N2CCOCC2)c2nc(N(C)C3(CO)CCCC3)n(C)c2n1. The Bertz CT molecular complexity index is 1380. The molecule has 0 atom stereocenters. The third-order valence-corrected chi connectivity index (χ3v) is 7.74. The molecule has 4 aromatic rings. The normalized spacial score (nSPS) is 18.1. The summed E-state index contributed by atoms with van der Waals surface area (Å²) in [6.07, 6.45) is 4.14. The average molecular weight is 477 g/mol. The fourth-order valence-electron chi connectivity index (χ4n) is 5.66. The van der Waals surface area contributed by atoms with Crippen molar-refractivity contribution >= 4 is 34.0 Å². The van der Waals surface area contributed by atoms with E-state index < -0.39 is 0 Å². The Balaban J connectivity index is 1.57. The number of aryl methyl sites for hydroxylation is 2. The third kappa shape index (κ3) is 3.46. The molecule has 1 N–H and O–H groups in total. The minimum absolute atomic E-state index is 0.111. The van der Waals surface area contributed by atoms with Gasteiger partial charge < -0.3 is 19.6 Å². The number of rotatable bonds is 5. The smallest absolute Gasteiger partial charge is 0.239 e. The number of hydrogen-bond donors (Lipinski definition) is 1. The van der Waals surface area contributed by atoms with E-state index in [9.17, 15) is 5.11 Å². The van der Waals surface area contributed by atoms with E-state index in [0.29, 0.717) is 19.2 Å². The Morgan fingerprint density at radius 2 is 1.80 bits per heavy atom. The van der Waals surface area contributed by atoms with Gasteiger partial charge in [-0.15, -0.1) is 0 Å². The predicted molar refractivity (Wildman–Crippen MR) is 135 cm³/mol. The Morgan fingerprint density at radius 3 is 2.54 bits per heavy atom. The standard InChI is InChI=1S/C25H32N8O2/c1-17-26-18-8-4-5-9-19(18)33(17)23-28-21-20(22(29-23)32-12-14-35-15-13-32)27-24(30(21)2)31(3)25(16-34)10-6-7-11-25/h4-5,8-9,34H,6-7,10-16H2,1-3H3. The molecule has 1 aliphatic heterocycles. The Kier molecular flexibility index (Phi) is 5.37. The van der Waals surface area contributed by atoms with Crippen LogP contribution >= 0.6 is 0 Å². The van der Waals surface area contributed by atoms with Crippen molar-refractivity contribution in [3.05, 3.63) is 30.1 Å². The van der Waals surface area contributed by atoms with E-state index in [-0.39, 0.29) is 12.1 Å². The van der Waals surface area contributed by atoms with E-state index in [1.165, 1.54) is 0 Å². The molecule has 1 aromatic carbocycles. The van der Waals surface area contributed by atoms with Gasteiger partial charge in [0.1, 0.15) is 5.82 Å². The van der Waals surface area contributed by atoms with Crippen LogP contribution < -0.4 is 9.80 Å². The average Bonchev–Trinajstić information content (AvgIpc) is 3.59. The molecular weight excluding hydrogens is 444 g/mol. The highest BCUT2D eigenvalue weighted by molar-refractivity contribution is 5.87. The molecule has 0 bridgehead atoms. The molecule has 4 heterocycles. The molecule has 1 saturated heterocycles. The molecule has 0 radical (unpaired) electrons. The summed E-state index contributed by atoms with van der Waals surface area (Å²) in [5, 5.41) is 10.3. The first-order valence-corrected chi connectivity index (χ1v) is 12.4. The number of likely N-dealkylation sites (N-methyl/N-ethyl adjacent to an activating group) is 1. The number of ether oxygens (including phenoxy) is 1. The van der Waals surface area contributed by atoms with Crippen LogP contribution in [0.5, 0.6) is 0 Å². The number of aliphatic hydroxyl groups excluding tert-OH is 1. The summed E-state index contributed by atoms with van der Waals surface area (Å²) in [5.41, 5.74) is 3.14. The number of nitrogens with zero attached hydrogens (tertiary/aromatic N) is 8. The lowest BCUT2D eigenvalue weighted by Crippen LogP contribution is -2.48. The van der Waals surface area contributed by atoms with Crippen molar-refractivity contribution in [3.8, 4) is 5.95 Å². The van der Waals surface area contributed by atoms with Gasteiger partial charge in [0.15, 0.2) is 17.0 Å². The highest BCUT2D eigenvalue weighted by Crippen LogP contribution is 2.38. The number of para-hydroxylation sites is 2. The van der Waals surface area contributed by atoms with Crippen LogP contribution in [0.15, 0.2) is 24.3 Å². The van der Waals surface area contributed by atoms with Crippen LogP contribution in [-0.4, -0.2) is 79.7 Å². The summed E-state index contributed by atoms with van der Waals surface area (Å²) in [7, 11) is 4.04. The van der Waals surface area contributed by atoms with Gasteiger partial charge in [-0.25, -0.2) is 9.97 Å². The quantitative estimate of drug-likeness (QED) is 0.470. The van der Waals surface area contributed by atoms with E-state index >= 15 is 0 Å². The number of imidazole rings is 2. The van der Waals surface area contributed by atoms with Gasteiger partial charge in [0.2, 0.25) is 11.9 Å². The zero-order chi connectivity index (χ0) is 24.2. The van der Waals surface area contributed by atoms with E-state index in [0.717, 1.165) is 78.6 Å². The molecule has 0 unspecified atom stereocenters. The fourth-order valence-corrected chi connectivity index (χ4v) is 5.66. The lowest BCUT2D eigenvalue weighted by Gasteiger charge is -2.37. The maximum Gasteiger partial charge on any atom is 0.239 e. The van der Waals surface area contributed by atoms with Crippen molar-refractivity contribution in [1.82, 2.24) is 29.1 Å². The van der Waals surface area contributed by atoms with Gasteiger partial charge >= 0.3 is 0 Å². The highest BCUT2D eigenvalue weighted by atomic mass is 16.5. The zero-order valence-corrected chi connectivity index (χ0v) is 20.6. The number of aromatic nitrogens is 6. The number of anilines is 2. The van der Waals surface area contributed by atoms with E-state index in [1.54, 1.807) is 0 Å². The molecule has 1 aliphatic carbocycles. The molecule has 6 rings (SSSR count). The molecule has 35 heavy (non-hydrogen) atoms. The van der Waals surface area contributed by atoms with Gasteiger partial charge in [0, 0.05) is 27.2 Å². The van der Waals surface area contributed by atoms with E-state index in [1.807, 2.05) is 54.4 Å². The molecule has 184 valence electrons. The first-order chi connectivity index (χ1) is 17.0. The van der Waals surface area contributed by atoms with Crippen LogP contribution in [0.3, 0.4) is 0 Å². The molecule has 10 nitrogen and oxygen atoms in total. The monoisotopic (exact) mass is 476 g/mol. The molecule has 3 aromatic heterocycles. The topological polar surface area (TPSA) is 97.4 Å². The van der Waals surface area contributed by atoms with Crippen molar-refractivity contribution < 1.29 is 9.84 Å². The molecule has 2 fully saturated rings. The molecule has 1 saturated carbocycles. The van der Waals surface area contributed by atoms with Crippen LogP contribution in [0.4, 0.5) is 11.8 Å². The molecule has 0 amide bonds. The van der Waals surface area contributed by atoms with Crippen molar-refractivity contribution in [1.29, 1.82) is 0 Å². The van der Waals surface area contributed by atoms with Gasteiger partial charge in [0.05, 0.1) is 36.4 Å². The minimum atomic E-state index is -0.290. The minimum Gasteiger partial charge on any atom is -0.394 e. The molecule has 10 heteroatoms. The third-order valence-electron chi connectivity index (χ3n) is 7.74. The van der Waals surface area contributed by atoms with Crippen molar-refractivity contribution in [2.24, 2.45) is 7.05 Å². The lowest BCUT2D eigenvalue weighted by molar-refractivity contribution is 0.122. The Hall–Kier alpha value is -3.24. The van der Waals surface area contributed by atoms with E-state index in [4.69, 9.17) is 24.7 Å². The highest BCUT2D eigenvalue weighted by Gasteiger charge is 2.39. The van der Waals surface area contributed by atoms with Crippen molar-refractivity contribution in [3.63, 3.8) is 0 Å². The number of morpholine rings is 1. The van der Waals surface area contributed by atoms with Gasteiger partial charge in [-0.3, -0.25) is 9.13 Å². The number of fused-ring (bicyclic) bond motifs is 2. The Morgan fingerprint density at radius 1 is 1.06 bits per heavy atom. The summed E-state index contributed by atoms with van der Waals surface area (Å²) < 4.78 is 9.66. The molecule has 0 spiro atoms. The largest absolute Gasteiger partial charge is 0.394 e. The summed E-state index contributed by atoms with van der Waals surface area (Å²) in [6, 6.07) is 8.05. The summed E-state index contributed by atoms with van der Waals surface area (Å²) in [5.74, 6) is 3.03. The van der Waals surface area contributed by atoms with Gasteiger partial charge in [-0.1, -0.05) is 25.0 Å². The van der Waals surface area contributed by atoms with E-state index in [2.05, 4.69) is 9.80 Å². The van der Waals surface area contributed by atoms with Crippen LogP contribution in [-0.2, 0) is 11.8 Å². The van der Waals surface area contributed by atoms with Crippen LogP contribution in [0.1, 0.15) is 31.5 Å². The first-order valence-electron chi connectivity index (χ1n) is 12.4. The second-order valence-electron chi connectivity index (χ2n) is 9.72. The van der Waals surface area contributed by atoms with Crippen LogP contribution in [0.25, 0.3) is 28.1 Å². The summed E-state index contributed by atoms with van der Waals surface area (Å²) in [6.45, 7) is 4.90. The van der Waals surface area contributed by atoms with Gasteiger partial charge in [-0.05, 0) is 31.9 Å².